The number of nitrogens with zero attached hydrogens (tertiary/aromatic N) is 2. The quantitative estimate of drug-likeness (QED) is 0.887. The van der Waals surface area contributed by atoms with Crippen LogP contribution in [0.3, 0.4) is 0 Å². The van der Waals surface area contributed by atoms with E-state index in [4.69, 9.17) is 5.11 Å². The number of hydrogen-bond donors (Lipinski definition) is 2. The molecule has 6 nitrogen and oxygen atoms in total. The molecule has 1 aliphatic heterocycles. The lowest BCUT2D eigenvalue weighted by Crippen LogP contribution is -2.15. The summed E-state index contributed by atoms with van der Waals surface area (Å²) in [5, 5.41) is 16.2. The highest BCUT2D eigenvalue weighted by Gasteiger charge is 2.29. The van der Waals surface area contributed by atoms with E-state index in [1.165, 1.54) is 11.8 Å². The van der Waals surface area contributed by atoms with E-state index < -0.39 is 5.97 Å². The molecule has 0 spiro atoms. The highest BCUT2D eigenvalue weighted by molar-refractivity contribution is 8.00. The molecule has 3 rings (SSSR count). The van der Waals surface area contributed by atoms with Crippen LogP contribution in [-0.2, 0) is 11.8 Å². The van der Waals surface area contributed by atoms with Crippen LogP contribution < -0.4 is 5.32 Å². The van der Waals surface area contributed by atoms with Gasteiger partial charge < -0.3 is 10.4 Å². The molecule has 0 saturated carbocycles. The van der Waals surface area contributed by atoms with E-state index in [-0.39, 0.29) is 16.7 Å². The van der Waals surface area contributed by atoms with E-state index >= 15 is 0 Å². The summed E-state index contributed by atoms with van der Waals surface area (Å²) in [7, 11) is 1.80. The Morgan fingerprint density at radius 1 is 1.41 bits per heavy atom. The van der Waals surface area contributed by atoms with Crippen LogP contribution in [0, 0.1) is 6.92 Å². The third-order valence-electron chi connectivity index (χ3n) is 3.63. The number of carbonyl (C=O) groups is 2. The SMILES string of the molecule is Cc1nn(C)c2c1C(c1ccc(C(=O)O)cc1)SCC(=O)N2. The summed E-state index contributed by atoms with van der Waals surface area (Å²) < 4.78 is 1.67. The van der Waals surface area contributed by atoms with Gasteiger partial charge in [0.1, 0.15) is 5.82 Å². The maximum atomic E-state index is 11.9. The molecule has 1 amide bonds. The number of carboxylic acid groups (broad SMARTS) is 1. The number of carbonyl (C=O) groups excluding carboxylic acids is 1. The maximum Gasteiger partial charge on any atom is 0.335 e. The van der Waals surface area contributed by atoms with Gasteiger partial charge in [-0.25, -0.2) is 4.79 Å². The highest BCUT2D eigenvalue weighted by Crippen LogP contribution is 2.42. The van der Waals surface area contributed by atoms with Crippen LogP contribution in [0.25, 0.3) is 0 Å². The smallest absolute Gasteiger partial charge is 0.335 e. The zero-order valence-electron chi connectivity index (χ0n) is 12.2. The molecular weight excluding hydrogens is 302 g/mol. The molecule has 0 saturated heterocycles. The second-order valence-corrected chi connectivity index (χ2v) is 6.23. The van der Waals surface area contributed by atoms with Gasteiger partial charge in [0.2, 0.25) is 5.91 Å². The van der Waals surface area contributed by atoms with Gasteiger partial charge in [-0.3, -0.25) is 9.48 Å². The number of aromatic carboxylic acids is 1. The second kappa shape index (κ2) is 5.49. The minimum absolute atomic E-state index is 0.0505. The molecule has 22 heavy (non-hydrogen) atoms. The van der Waals surface area contributed by atoms with E-state index in [0.29, 0.717) is 11.6 Å². The molecule has 0 bridgehead atoms. The molecule has 114 valence electrons. The standard InChI is InChI=1S/C15H15N3O3S/c1-8-12-13(9-3-5-10(6-4-9)15(20)21)22-7-11(19)16-14(12)18(2)17-8/h3-6,13H,7H2,1-2H3,(H,16,19)(H,20,21). The number of rotatable bonds is 2. The van der Waals surface area contributed by atoms with Crippen LogP contribution in [0.5, 0.6) is 0 Å². The second-order valence-electron chi connectivity index (χ2n) is 5.14. The molecule has 0 fully saturated rings. The number of amides is 1. The third-order valence-corrected chi connectivity index (χ3v) is 4.90. The van der Waals surface area contributed by atoms with Gasteiger partial charge >= 0.3 is 5.97 Å². The first-order valence-corrected chi connectivity index (χ1v) is 7.80. The lowest BCUT2D eigenvalue weighted by Gasteiger charge is -2.15. The Hall–Kier alpha value is -2.28. The Bertz CT molecular complexity index is 752. The maximum absolute atomic E-state index is 11.9. The number of aryl methyl sites for hydroxylation is 2. The first-order chi connectivity index (χ1) is 10.5. The molecule has 1 unspecified atom stereocenters. The summed E-state index contributed by atoms with van der Waals surface area (Å²) in [6.07, 6.45) is 0. The number of nitrogens with one attached hydrogen (secondary N) is 1. The van der Waals surface area contributed by atoms with Crippen molar-refractivity contribution in [2.75, 3.05) is 11.1 Å². The zero-order chi connectivity index (χ0) is 15.9. The largest absolute Gasteiger partial charge is 0.478 e. The fourth-order valence-electron chi connectivity index (χ4n) is 2.61. The fourth-order valence-corrected chi connectivity index (χ4v) is 3.80. The topological polar surface area (TPSA) is 84.2 Å². The molecule has 0 aliphatic carbocycles. The van der Waals surface area contributed by atoms with E-state index in [1.807, 2.05) is 6.92 Å². The van der Waals surface area contributed by atoms with Crippen LogP contribution in [0.2, 0.25) is 0 Å². The van der Waals surface area contributed by atoms with E-state index in [0.717, 1.165) is 16.8 Å². The van der Waals surface area contributed by atoms with Crippen molar-refractivity contribution in [2.45, 2.75) is 12.2 Å². The van der Waals surface area contributed by atoms with Gasteiger partial charge in [-0.15, -0.1) is 11.8 Å². The van der Waals surface area contributed by atoms with Crippen LogP contribution >= 0.6 is 11.8 Å². The molecular formula is C15H15N3O3S. The van der Waals surface area contributed by atoms with Crippen molar-refractivity contribution < 1.29 is 14.7 Å². The van der Waals surface area contributed by atoms with Crippen molar-refractivity contribution in [2.24, 2.45) is 7.05 Å². The summed E-state index contributed by atoms with van der Waals surface area (Å²) in [5.74, 6) is 0.0494. The lowest BCUT2D eigenvalue weighted by atomic mass is 10.0. The first-order valence-electron chi connectivity index (χ1n) is 6.75. The van der Waals surface area contributed by atoms with Crippen LogP contribution in [0.1, 0.15) is 32.4 Å². The molecule has 2 N–H and O–H groups in total. The summed E-state index contributed by atoms with van der Waals surface area (Å²) in [6.45, 7) is 1.91. The van der Waals surface area contributed by atoms with Gasteiger partial charge in [-0.1, -0.05) is 12.1 Å². The average molecular weight is 317 g/mol. The van der Waals surface area contributed by atoms with Gasteiger partial charge in [0.25, 0.3) is 0 Å². The Morgan fingerprint density at radius 2 is 2.09 bits per heavy atom. The van der Waals surface area contributed by atoms with Gasteiger partial charge in [0.05, 0.1) is 22.3 Å². The Labute approximate surface area is 131 Å². The summed E-state index contributed by atoms with van der Waals surface area (Å²) in [6, 6.07) is 6.77. The summed E-state index contributed by atoms with van der Waals surface area (Å²) >= 11 is 1.52. The van der Waals surface area contributed by atoms with E-state index in [9.17, 15) is 9.59 Å². The van der Waals surface area contributed by atoms with Gasteiger partial charge in [0.15, 0.2) is 0 Å². The molecule has 1 aromatic carbocycles. The average Bonchev–Trinajstić information content (AvgIpc) is 2.66. The number of carboxylic acids is 1. The Morgan fingerprint density at radius 3 is 2.73 bits per heavy atom. The molecule has 1 aliphatic rings. The zero-order valence-corrected chi connectivity index (χ0v) is 13.0. The number of benzene rings is 1. The highest BCUT2D eigenvalue weighted by atomic mass is 32.2. The van der Waals surface area contributed by atoms with Crippen molar-refractivity contribution in [3.8, 4) is 0 Å². The van der Waals surface area contributed by atoms with Crippen molar-refractivity contribution in [3.63, 3.8) is 0 Å². The van der Waals surface area contributed by atoms with Gasteiger partial charge in [-0.2, -0.15) is 5.10 Å². The summed E-state index contributed by atoms with van der Waals surface area (Å²) in [5.41, 5.74) is 3.05. The number of thioether (sulfide) groups is 1. The lowest BCUT2D eigenvalue weighted by molar-refractivity contribution is -0.113. The first kappa shape index (κ1) is 14.6. The predicted molar refractivity (Wildman–Crippen MR) is 84.3 cm³/mol. The molecule has 7 heteroatoms. The minimum Gasteiger partial charge on any atom is -0.478 e. The number of anilines is 1. The minimum atomic E-state index is -0.949. The van der Waals surface area contributed by atoms with Crippen LogP contribution in [0.4, 0.5) is 5.82 Å². The van der Waals surface area contributed by atoms with Crippen molar-refractivity contribution in [1.29, 1.82) is 0 Å². The van der Waals surface area contributed by atoms with E-state index in [2.05, 4.69) is 10.4 Å². The number of aromatic nitrogens is 2. The number of hydrogen-bond acceptors (Lipinski definition) is 4. The fraction of sp³-hybridized carbons (Fsp3) is 0.267. The normalized spacial score (nSPS) is 17.5. The third kappa shape index (κ3) is 2.48. The van der Waals surface area contributed by atoms with Crippen LogP contribution in [0.15, 0.2) is 24.3 Å². The van der Waals surface area contributed by atoms with Gasteiger partial charge in [-0.05, 0) is 24.6 Å². The van der Waals surface area contributed by atoms with Crippen molar-refractivity contribution in [1.82, 2.24) is 9.78 Å². The van der Waals surface area contributed by atoms with E-state index in [1.54, 1.807) is 36.0 Å². The molecule has 2 heterocycles. The Kier molecular flexibility index (Phi) is 3.66. The predicted octanol–water partition coefficient (Wildman–Crippen LogP) is 2.20. The number of fused-ring (bicyclic) bond motifs is 1. The molecule has 0 radical (unpaired) electrons. The van der Waals surface area contributed by atoms with Crippen LogP contribution in [-0.4, -0.2) is 32.5 Å². The monoisotopic (exact) mass is 317 g/mol. The summed E-state index contributed by atoms with van der Waals surface area (Å²) in [4.78, 5) is 22.8. The van der Waals surface area contributed by atoms with Crippen molar-refractivity contribution >= 4 is 29.5 Å². The Balaban J connectivity index is 2.07. The van der Waals surface area contributed by atoms with Gasteiger partial charge in [0, 0.05) is 12.6 Å². The molecule has 2 aromatic rings. The molecule has 1 atom stereocenters. The molecule has 1 aromatic heterocycles. The van der Waals surface area contributed by atoms with Crippen molar-refractivity contribution in [3.05, 3.63) is 46.6 Å².